The lowest BCUT2D eigenvalue weighted by molar-refractivity contribution is -0.162. The monoisotopic (exact) mass is 903 g/mol. The Labute approximate surface area is 404 Å². The minimum Gasteiger partial charge on any atom is -0.462 e. The number of carbonyl (C=O) groups is 2. The van der Waals surface area contributed by atoms with Crippen LogP contribution in [0.3, 0.4) is 0 Å². The third-order valence-corrected chi connectivity index (χ3v) is 9.47. The molecule has 0 radical (unpaired) electrons. The van der Waals surface area contributed by atoms with Crippen molar-refractivity contribution >= 4 is 11.9 Å². The first kappa shape index (κ1) is 61.0. The number of rotatable bonds is 43. The molecule has 364 valence electrons. The minimum absolute atomic E-state index is 0.0159. The predicted molar refractivity (Wildman–Crippen MR) is 287 cm³/mol. The standard InChI is InChI=1S/C61H90O5/c1-4-7-10-13-16-19-22-25-28-30-31-32-34-36-39-42-45-48-51-54-60(62)65-58-59(57-64-56-53-50-47-44-41-38-35-29-26-23-20-17-14-11-8-5-2)66-61(63)55-52-49-46-43-40-37-33-27-24-21-18-15-12-9-6-3/h7-12,16-21,25-29,31-33,36,38-41,43,47,49-50,52,59H,4-6,13-15,22-24,30,34-35,37,42,44-46,48,51,53-58H2,1-3H3/b10-7-,11-8-,12-9-,19-16-,20-17-,21-18-,28-25-,29-26-,32-31-,33-27-,39-36-,41-38-,43-40-,50-47-,52-49-. The molecule has 0 amide bonds. The van der Waals surface area contributed by atoms with Crippen molar-refractivity contribution in [2.45, 2.75) is 168 Å². The number of esters is 2. The minimum atomic E-state index is -0.659. The van der Waals surface area contributed by atoms with Crippen LogP contribution in [0.5, 0.6) is 0 Å². The van der Waals surface area contributed by atoms with Crippen LogP contribution in [0, 0.1) is 0 Å². The van der Waals surface area contributed by atoms with Gasteiger partial charge in [0.05, 0.1) is 19.6 Å². The van der Waals surface area contributed by atoms with Gasteiger partial charge in [0, 0.05) is 6.42 Å². The highest BCUT2D eigenvalue weighted by Gasteiger charge is 2.17. The second-order valence-corrected chi connectivity index (χ2v) is 15.6. The third-order valence-electron chi connectivity index (χ3n) is 9.47. The largest absolute Gasteiger partial charge is 0.462 e. The number of ether oxygens (including phenoxy) is 3. The van der Waals surface area contributed by atoms with Gasteiger partial charge in [0.15, 0.2) is 6.10 Å². The number of hydrogen-bond acceptors (Lipinski definition) is 5. The second-order valence-electron chi connectivity index (χ2n) is 15.6. The van der Waals surface area contributed by atoms with Crippen LogP contribution in [0.25, 0.3) is 0 Å². The predicted octanol–water partition coefficient (Wildman–Crippen LogP) is 17.4. The molecule has 0 aromatic carbocycles. The third kappa shape index (κ3) is 51.6. The molecule has 0 saturated carbocycles. The molecule has 0 aliphatic heterocycles. The zero-order chi connectivity index (χ0) is 47.7. The van der Waals surface area contributed by atoms with E-state index in [-0.39, 0.29) is 31.6 Å². The van der Waals surface area contributed by atoms with E-state index in [1.807, 2.05) is 12.2 Å². The lowest BCUT2D eigenvalue weighted by atomic mass is 10.1. The number of allylic oxidation sites excluding steroid dienone is 28. The van der Waals surface area contributed by atoms with Gasteiger partial charge in [0.25, 0.3) is 0 Å². The molecule has 5 nitrogen and oxygen atoms in total. The highest BCUT2D eigenvalue weighted by molar-refractivity contribution is 5.71. The lowest BCUT2D eigenvalue weighted by Gasteiger charge is -2.18. The molecule has 0 spiro atoms. The zero-order valence-electron chi connectivity index (χ0n) is 41.6. The summed E-state index contributed by atoms with van der Waals surface area (Å²) in [6, 6.07) is 0. The smallest absolute Gasteiger partial charge is 0.310 e. The van der Waals surface area contributed by atoms with E-state index >= 15 is 0 Å². The molecule has 1 unspecified atom stereocenters. The van der Waals surface area contributed by atoms with E-state index in [2.05, 4.69) is 191 Å². The molecule has 0 N–H and O–H groups in total. The average Bonchev–Trinajstić information content (AvgIpc) is 3.32. The normalized spacial score (nSPS) is 13.8. The summed E-state index contributed by atoms with van der Waals surface area (Å²) >= 11 is 0. The van der Waals surface area contributed by atoms with Crippen molar-refractivity contribution in [3.8, 4) is 0 Å². The summed E-state index contributed by atoms with van der Waals surface area (Å²) in [5.41, 5.74) is 0. The molecule has 0 aromatic heterocycles. The van der Waals surface area contributed by atoms with Crippen LogP contribution in [-0.2, 0) is 23.8 Å². The fourth-order valence-corrected chi connectivity index (χ4v) is 5.85. The van der Waals surface area contributed by atoms with Crippen molar-refractivity contribution in [1.82, 2.24) is 0 Å². The van der Waals surface area contributed by atoms with Gasteiger partial charge in [-0.25, -0.2) is 0 Å². The maximum absolute atomic E-state index is 12.7. The van der Waals surface area contributed by atoms with E-state index in [1.54, 1.807) is 0 Å². The first-order valence-corrected chi connectivity index (χ1v) is 25.3. The zero-order valence-corrected chi connectivity index (χ0v) is 41.6. The Bertz CT molecular complexity index is 1580. The van der Waals surface area contributed by atoms with Crippen LogP contribution in [-0.4, -0.2) is 37.9 Å². The molecular formula is C61H90O5. The van der Waals surface area contributed by atoms with E-state index in [9.17, 15) is 9.59 Å². The van der Waals surface area contributed by atoms with Crippen LogP contribution < -0.4 is 0 Å². The van der Waals surface area contributed by atoms with E-state index in [1.165, 1.54) is 0 Å². The average molecular weight is 903 g/mol. The number of hydrogen-bond donors (Lipinski definition) is 0. The first-order valence-electron chi connectivity index (χ1n) is 25.3. The van der Waals surface area contributed by atoms with Gasteiger partial charge in [-0.1, -0.05) is 209 Å². The molecule has 0 saturated heterocycles. The van der Waals surface area contributed by atoms with Gasteiger partial charge in [0.2, 0.25) is 0 Å². The quantitative estimate of drug-likeness (QED) is 0.0347. The fourth-order valence-electron chi connectivity index (χ4n) is 5.85. The molecule has 0 aliphatic rings. The molecule has 0 bridgehead atoms. The van der Waals surface area contributed by atoms with Gasteiger partial charge in [-0.3, -0.25) is 9.59 Å². The highest BCUT2D eigenvalue weighted by atomic mass is 16.6. The van der Waals surface area contributed by atoms with Crippen molar-refractivity contribution in [3.05, 3.63) is 182 Å². The van der Waals surface area contributed by atoms with Gasteiger partial charge >= 0.3 is 11.9 Å². The van der Waals surface area contributed by atoms with E-state index < -0.39 is 6.10 Å². The number of unbranched alkanes of at least 4 members (excludes halogenated alkanes) is 3. The van der Waals surface area contributed by atoms with E-state index in [0.29, 0.717) is 13.0 Å². The van der Waals surface area contributed by atoms with Gasteiger partial charge in [-0.05, 0) is 122 Å². The molecule has 0 fully saturated rings. The van der Waals surface area contributed by atoms with Crippen molar-refractivity contribution in [2.75, 3.05) is 19.8 Å². The second kappa shape index (κ2) is 54.3. The van der Waals surface area contributed by atoms with Crippen molar-refractivity contribution in [2.24, 2.45) is 0 Å². The van der Waals surface area contributed by atoms with Crippen LogP contribution in [0.1, 0.15) is 162 Å². The summed E-state index contributed by atoms with van der Waals surface area (Å²) in [6.45, 7) is 7.09. The molecule has 0 rings (SSSR count). The summed E-state index contributed by atoms with van der Waals surface area (Å²) < 4.78 is 17.1. The van der Waals surface area contributed by atoms with Crippen LogP contribution in [0.4, 0.5) is 0 Å². The molecular weight excluding hydrogens is 813 g/mol. The number of carbonyl (C=O) groups excluding carboxylic acids is 2. The van der Waals surface area contributed by atoms with Crippen molar-refractivity contribution in [3.63, 3.8) is 0 Å². The van der Waals surface area contributed by atoms with E-state index in [0.717, 1.165) is 128 Å². The Hall–Kier alpha value is -5.00. The maximum atomic E-state index is 12.7. The Morgan fingerprint density at radius 2 is 0.682 bits per heavy atom. The van der Waals surface area contributed by atoms with Crippen molar-refractivity contribution in [1.29, 1.82) is 0 Å². The van der Waals surface area contributed by atoms with Gasteiger partial charge in [0.1, 0.15) is 6.61 Å². The van der Waals surface area contributed by atoms with Gasteiger partial charge in [-0.2, -0.15) is 0 Å². The lowest BCUT2D eigenvalue weighted by Crippen LogP contribution is -2.29. The highest BCUT2D eigenvalue weighted by Crippen LogP contribution is 2.08. The summed E-state index contributed by atoms with van der Waals surface area (Å²) in [4.78, 5) is 25.3. The molecule has 0 aromatic rings. The van der Waals surface area contributed by atoms with Gasteiger partial charge in [-0.15, -0.1) is 0 Å². The topological polar surface area (TPSA) is 61.8 Å². The SMILES string of the molecule is CC/C=C\C/C=C\C/C=C\C/C=C\C/C=C\CCCCCC(=O)OCC(COCC/C=C\C/C=C\C/C=C\C/C=C\C/C=C\CC)OC(=O)C/C=C\C/C=C\C/C=C\C/C=C\C/C=C\CC. The van der Waals surface area contributed by atoms with E-state index in [4.69, 9.17) is 14.2 Å². The first-order chi connectivity index (χ1) is 32.6. The van der Waals surface area contributed by atoms with Crippen LogP contribution >= 0.6 is 0 Å². The molecule has 5 heteroatoms. The molecule has 0 heterocycles. The van der Waals surface area contributed by atoms with Gasteiger partial charge < -0.3 is 14.2 Å². The summed E-state index contributed by atoms with van der Waals surface area (Å²) in [7, 11) is 0. The summed E-state index contributed by atoms with van der Waals surface area (Å²) in [6.07, 6.45) is 83.7. The fraction of sp³-hybridized carbons (Fsp3) is 0.475. The molecule has 0 aliphatic carbocycles. The Morgan fingerprint density at radius 1 is 0.348 bits per heavy atom. The maximum Gasteiger partial charge on any atom is 0.310 e. The molecule has 1 atom stereocenters. The summed E-state index contributed by atoms with van der Waals surface area (Å²) in [5.74, 6) is -0.642. The Morgan fingerprint density at radius 3 is 1.06 bits per heavy atom. The summed E-state index contributed by atoms with van der Waals surface area (Å²) in [5, 5.41) is 0. The molecule has 66 heavy (non-hydrogen) atoms. The van der Waals surface area contributed by atoms with Crippen molar-refractivity contribution < 1.29 is 23.8 Å². The van der Waals surface area contributed by atoms with Crippen LogP contribution in [0.15, 0.2) is 182 Å². The Kier molecular flexibility index (Phi) is 50.2. The van der Waals surface area contributed by atoms with Crippen LogP contribution in [0.2, 0.25) is 0 Å². The Balaban J connectivity index is 4.61.